The Kier molecular flexibility index (Phi) is 6.10. The van der Waals surface area contributed by atoms with E-state index in [1.165, 1.54) is 9.75 Å². The third kappa shape index (κ3) is 4.43. The van der Waals surface area contributed by atoms with Crippen LogP contribution in [0.25, 0.3) is 0 Å². The van der Waals surface area contributed by atoms with Gasteiger partial charge in [-0.05, 0) is 47.8 Å². The zero-order valence-electron chi connectivity index (χ0n) is 16.3. The molecule has 148 valence electrons. The molecular formula is C23H23N3OS2. The zero-order chi connectivity index (χ0) is 20.2. The Hall–Kier alpha value is -2.46. The molecule has 0 bridgehead atoms. The minimum atomic E-state index is -0.120. The lowest BCUT2D eigenvalue weighted by molar-refractivity contribution is -0.115. The number of anilines is 1. The fourth-order valence-corrected chi connectivity index (χ4v) is 6.01. The number of nitriles is 1. The molecule has 1 aromatic carbocycles. The van der Waals surface area contributed by atoms with E-state index < -0.39 is 0 Å². The molecule has 2 aromatic heterocycles. The van der Waals surface area contributed by atoms with Crippen LogP contribution in [0.5, 0.6) is 0 Å². The van der Waals surface area contributed by atoms with Gasteiger partial charge in [-0.25, -0.2) is 0 Å². The topological polar surface area (TPSA) is 64.9 Å². The number of rotatable bonds is 6. The van der Waals surface area contributed by atoms with Crippen molar-refractivity contribution in [2.24, 2.45) is 5.92 Å². The number of thiophene rings is 2. The van der Waals surface area contributed by atoms with E-state index in [1.54, 1.807) is 22.7 Å². The number of fused-ring (bicyclic) bond motifs is 1. The first-order valence-electron chi connectivity index (χ1n) is 9.82. The van der Waals surface area contributed by atoms with E-state index in [4.69, 9.17) is 0 Å². The molecule has 0 saturated heterocycles. The van der Waals surface area contributed by atoms with Crippen molar-refractivity contribution in [3.8, 4) is 6.07 Å². The SMILES string of the molecule is C[C@@H]1CCc2c(sc(NC(=O)CN[C@H](c3ccccc3)c3cccs3)c2C#N)C1. The van der Waals surface area contributed by atoms with Crippen molar-refractivity contribution in [1.82, 2.24) is 5.32 Å². The van der Waals surface area contributed by atoms with E-state index in [1.807, 2.05) is 29.6 Å². The average molecular weight is 422 g/mol. The minimum absolute atomic E-state index is 0.0326. The molecule has 0 aliphatic heterocycles. The molecule has 2 atom stereocenters. The second-order valence-corrected chi connectivity index (χ2v) is 9.54. The molecule has 1 amide bonds. The molecule has 1 aliphatic rings. The van der Waals surface area contributed by atoms with Gasteiger partial charge in [0.15, 0.2) is 0 Å². The molecule has 0 radical (unpaired) electrons. The lowest BCUT2D eigenvalue weighted by atomic mass is 9.89. The number of nitrogens with one attached hydrogen (secondary N) is 2. The summed E-state index contributed by atoms with van der Waals surface area (Å²) >= 11 is 3.24. The Morgan fingerprint density at radius 3 is 2.83 bits per heavy atom. The van der Waals surface area contributed by atoms with Crippen molar-refractivity contribution in [2.45, 2.75) is 32.2 Å². The van der Waals surface area contributed by atoms with E-state index in [9.17, 15) is 10.1 Å². The maximum absolute atomic E-state index is 12.7. The van der Waals surface area contributed by atoms with Crippen LogP contribution in [0.3, 0.4) is 0 Å². The van der Waals surface area contributed by atoms with Gasteiger partial charge in [-0.2, -0.15) is 5.26 Å². The Morgan fingerprint density at radius 1 is 1.28 bits per heavy atom. The highest BCUT2D eigenvalue weighted by Crippen LogP contribution is 2.39. The summed E-state index contributed by atoms with van der Waals surface area (Å²) in [5.74, 6) is 0.515. The van der Waals surface area contributed by atoms with E-state index >= 15 is 0 Å². The van der Waals surface area contributed by atoms with Gasteiger partial charge in [-0.1, -0.05) is 43.3 Å². The van der Waals surface area contributed by atoms with Crippen LogP contribution < -0.4 is 10.6 Å². The lowest BCUT2D eigenvalue weighted by Gasteiger charge is -2.18. The van der Waals surface area contributed by atoms with Crippen LogP contribution in [0.1, 0.15) is 45.8 Å². The molecule has 2 N–H and O–H groups in total. The van der Waals surface area contributed by atoms with Gasteiger partial charge in [0.25, 0.3) is 0 Å². The van der Waals surface area contributed by atoms with Crippen LogP contribution in [0.4, 0.5) is 5.00 Å². The predicted octanol–water partition coefficient (Wildman–Crippen LogP) is 5.12. The van der Waals surface area contributed by atoms with Crippen LogP contribution in [0.2, 0.25) is 0 Å². The van der Waals surface area contributed by atoms with Crippen molar-refractivity contribution in [3.05, 3.63) is 74.3 Å². The Bertz CT molecular complexity index is 1020. The van der Waals surface area contributed by atoms with Gasteiger partial charge < -0.3 is 5.32 Å². The third-order valence-corrected chi connectivity index (χ3v) is 7.41. The van der Waals surface area contributed by atoms with Gasteiger partial charge in [0.2, 0.25) is 5.91 Å². The highest BCUT2D eigenvalue weighted by atomic mass is 32.1. The fourth-order valence-electron chi connectivity index (χ4n) is 3.81. The standard InChI is InChI=1S/C23H23N3OS2/c1-15-9-10-17-18(13-24)23(29-20(17)12-15)26-21(27)14-25-22(19-8-5-11-28-19)16-6-3-2-4-7-16/h2-8,11,15,22,25H,9-10,12,14H2,1H3,(H,26,27)/t15-,22-/m1/s1. The summed E-state index contributed by atoms with van der Waals surface area (Å²) < 4.78 is 0. The van der Waals surface area contributed by atoms with Gasteiger partial charge in [-0.3, -0.25) is 10.1 Å². The molecule has 1 aliphatic carbocycles. The van der Waals surface area contributed by atoms with E-state index in [2.05, 4.69) is 41.8 Å². The van der Waals surface area contributed by atoms with Crippen molar-refractivity contribution in [3.63, 3.8) is 0 Å². The molecule has 29 heavy (non-hydrogen) atoms. The maximum Gasteiger partial charge on any atom is 0.238 e. The Labute approximate surface area is 179 Å². The van der Waals surface area contributed by atoms with E-state index in [-0.39, 0.29) is 18.5 Å². The van der Waals surface area contributed by atoms with Crippen molar-refractivity contribution in [1.29, 1.82) is 5.26 Å². The largest absolute Gasteiger partial charge is 0.315 e. The van der Waals surface area contributed by atoms with E-state index in [0.29, 0.717) is 16.5 Å². The smallest absolute Gasteiger partial charge is 0.238 e. The maximum atomic E-state index is 12.7. The summed E-state index contributed by atoms with van der Waals surface area (Å²) in [7, 11) is 0. The molecule has 0 unspecified atom stereocenters. The number of benzene rings is 1. The third-order valence-electron chi connectivity index (χ3n) is 5.30. The van der Waals surface area contributed by atoms with E-state index in [0.717, 1.165) is 30.4 Å². The molecule has 4 nitrogen and oxygen atoms in total. The van der Waals surface area contributed by atoms with Gasteiger partial charge in [0, 0.05) is 9.75 Å². The molecule has 6 heteroatoms. The number of nitrogens with zero attached hydrogens (tertiary/aromatic N) is 1. The monoisotopic (exact) mass is 421 g/mol. The first kappa shape index (κ1) is 19.8. The highest BCUT2D eigenvalue weighted by molar-refractivity contribution is 7.16. The zero-order valence-corrected chi connectivity index (χ0v) is 17.9. The summed E-state index contributed by atoms with van der Waals surface area (Å²) in [4.78, 5) is 15.1. The molecule has 0 saturated carbocycles. The minimum Gasteiger partial charge on any atom is -0.315 e. The molecule has 4 rings (SSSR count). The number of carbonyl (C=O) groups is 1. The van der Waals surface area contributed by atoms with Crippen molar-refractivity contribution in [2.75, 3.05) is 11.9 Å². The van der Waals surface area contributed by atoms with Crippen molar-refractivity contribution < 1.29 is 4.79 Å². The van der Waals surface area contributed by atoms with Crippen LogP contribution in [0, 0.1) is 17.2 Å². The molecule has 2 heterocycles. The molecule has 0 spiro atoms. The first-order valence-corrected chi connectivity index (χ1v) is 11.5. The first-order chi connectivity index (χ1) is 14.2. The quantitative estimate of drug-likeness (QED) is 0.580. The average Bonchev–Trinajstić information content (AvgIpc) is 3.36. The Morgan fingerprint density at radius 2 is 2.10 bits per heavy atom. The summed E-state index contributed by atoms with van der Waals surface area (Å²) in [6, 6.07) is 16.5. The van der Waals surface area contributed by atoms with Crippen LogP contribution in [0.15, 0.2) is 47.8 Å². The molecule has 3 aromatic rings. The second kappa shape index (κ2) is 8.91. The number of amides is 1. The second-order valence-electron chi connectivity index (χ2n) is 7.46. The Balaban J connectivity index is 1.47. The van der Waals surface area contributed by atoms with Gasteiger partial charge in [0.05, 0.1) is 18.2 Å². The number of hydrogen-bond acceptors (Lipinski definition) is 5. The summed E-state index contributed by atoms with van der Waals surface area (Å²) in [5, 5.41) is 18.7. The van der Waals surface area contributed by atoms with Gasteiger partial charge in [0.1, 0.15) is 11.1 Å². The van der Waals surface area contributed by atoms with Crippen LogP contribution in [-0.2, 0) is 17.6 Å². The fraction of sp³-hybridized carbons (Fsp3) is 0.304. The van der Waals surface area contributed by atoms with Crippen LogP contribution >= 0.6 is 22.7 Å². The molecule has 0 fully saturated rings. The van der Waals surface area contributed by atoms with Gasteiger partial charge >= 0.3 is 0 Å². The summed E-state index contributed by atoms with van der Waals surface area (Å²) in [6.45, 7) is 2.42. The van der Waals surface area contributed by atoms with Crippen molar-refractivity contribution >= 4 is 33.6 Å². The normalized spacial score (nSPS) is 16.6. The lowest BCUT2D eigenvalue weighted by Crippen LogP contribution is -2.31. The highest BCUT2D eigenvalue weighted by Gasteiger charge is 2.25. The predicted molar refractivity (Wildman–Crippen MR) is 119 cm³/mol. The van der Waals surface area contributed by atoms with Crippen LogP contribution in [-0.4, -0.2) is 12.5 Å². The number of carbonyl (C=O) groups excluding carboxylic acids is 1. The number of hydrogen-bond donors (Lipinski definition) is 2. The van der Waals surface area contributed by atoms with Gasteiger partial charge in [-0.15, -0.1) is 22.7 Å². The summed E-state index contributed by atoms with van der Waals surface area (Å²) in [5.41, 5.74) is 2.92. The summed E-state index contributed by atoms with van der Waals surface area (Å²) in [6.07, 6.45) is 3.03. The molecular weight excluding hydrogens is 398 g/mol.